The highest BCUT2D eigenvalue weighted by Crippen LogP contribution is 2.25. The molecule has 1 N–H and O–H groups in total. The number of aromatic amines is 1. The smallest absolute Gasteiger partial charge is 0.277 e. The van der Waals surface area contributed by atoms with E-state index >= 15 is 0 Å². The fourth-order valence-electron chi connectivity index (χ4n) is 2.90. The number of H-pyrrole nitrogens is 1. The van der Waals surface area contributed by atoms with Crippen LogP contribution in [0, 0.1) is 0 Å². The summed E-state index contributed by atoms with van der Waals surface area (Å²) in [7, 11) is 0. The van der Waals surface area contributed by atoms with E-state index in [1.165, 1.54) is 0 Å². The molecule has 3 aromatic rings. The second-order valence-electron chi connectivity index (χ2n) is 5.38. The van der Waals surface area contributed by atoms with Crippen molar-refractivity contribution in [3.8, 4) is 0 Å². The highest BCUT2D eigenvalue weighted by atomic mass is 79.9. The normalized spacial score (nSPS) is 18.8. The maximum Gasteiger partial charge on any atom is 0.277 e. The molecule has 1 saturated heterocycles. The zero-order valence-electron chi connectivity index (χ0n) is 11.3. The quantitative estimate of drug-likeness (QED) is 0.775. The van der Waals surface area contributed by atoms with Gasteiger partial charge in [-0.1, -0.05) is 15.9 Å². The van der Waals surface area contributed by atoms with Gasteiger partial charge in [-0.25, -0.2) is 4.98 Å². The van der Waals surface area contributed by atoms with Crippen molar-refractivity contribution < 1.29 is 4.74 Å². The Morgan fingerprint density at radius 2 is 2.38 bits per heavy atom. The Labute approximate surface area is 129 Å². The summed E-state index contributed by atoms with van der Waals surface area (Å²) in [5.74, 6) is 0. The number of nitrogens with zero attached hydrogens (tertiary/aromatic N) is 2. The second-order valence-corrected chi connectivity index (χ2v) is 6.29. The van der Waals surface area contributed by atoms with Crippen molar-refractivity contribution in [1.82, 2.24) is 14.5 Å². The van der Waals surface area contributed by atoms with Crippen molar-refractivity contribution in [1.29, 1.82) is 0 Å². The highest BCUT2D eigenvalue weighted by Gasteiger charge is 2.18. The van der Waals surface area contributed by atoms with E-state index in [0.717, 1.165) is 40.3 Å². The zero-order chi connectivity index (χ0) is 14.4. The molecule has 1 aromatic carbocycles. The molecule has 1 fully saturated rings. The number of hydrogen-bond donors (Lipinski definition) is 1. The number of aromatic nitrogens is 3. The molecule has 0 saturated carbocycles. The molecule has 2 aromatic heterocycles. The molecular weight excluding hydrogens is 334 g/mol. The van der Waals surface area contributed by atoms with Crippen LogP contribution in [0.3, 0.4) is 0 Å². The number of halogens is 1. The molecule has 0 radical (unpaired) electrons. The van der Waals surface area contributed by atoms with Crippen molar-refractivity contribution in [2.75, 3.05) is 6.61 Å². The van der Waals surface area contributed by atoms with Gasteiger partial charge >= 0.3 is 0 Å². The van der Waals surface area contributed by atoms with Gasteiger partial charge in [-0.2, -0.15) is 0 Å². The molecule has 6 heteroatoms. The molecule has 21 heavy (non-hydrogen) atoms. The predicted octanol–water partition coefficient (Wildman–Crippen LogP) is 2.82. The van der Waals surface area contributed by atoms with Crippen LogP contribution >= 0.6 is 15.9 Å². The summed E-state index contributed by atoms with van der Waals surface area (Å²) in [4.78, 5) is 20.2. The molecule has 0 bridgehead atoms. The SMILES string of the molecule is O=c1c2[nH]c3ccc(Br)cc3c2ncn1C[C@H]1CCCO1. The van der Waals surface area contributed by atoms with Gasteiger partial charge in [0.2, 0.25) is 0 Å². The van der Waals surface area contributed by atoms with Crippen LogP contribution in [0.1, 0.15) is 12.8 Å². The van der Waals surface area contributed by atoms with Crippen LogP contribution in [0.2, 0.25) is 0 Å². The first-order chi connectivity index (χ1) is 10.2. The molecule has 0 unspecified atom stereocenters. The number of ether oxygens (including phenoxy) is 1. The van der Waals surface area contributed by atoms with Crippen LogP contribution < -0.4 is 5.56 Å². The fourth-order valence-corrected chi connectivity index (χ4v) is 3.26. The summed E-state index contributed by atoms with van der Waals surface area (Å²) < 4.78 is 8.21. The molecule has 1 atom stereocenters. The first-order valence-electron chi connectivity index (χ1n) is 7.00. The minimum absolute atomic E-state index is 0.0391. The largest absolute Gasteiger partial charge is 0.376 e. The van der Waals surface area contributed by atoms with Gasteiger partial charge < -0.3 is 9.72 Å². The Hall–Kier alpha value is -1.66. The molecular formula is C15H14BrN3O2. The summed E-state index contributed by atoms with van der Waals surface area (Å²) in [6, 6.07) is 5.87. The lowest BCUT2D eigenvalue weighted by Crippen LogP contribution is -2.26. The minimum Gasteiger partial charge on any atom is -0.376 e. The van der Waals surface area contributed by atoms with Crippen molar-refractivity contribution in [3.63, 3.8) is 0 Å². The number of fused-ring (bicyclic) bond motifs is 3. The van der Waals surface area contributed by atoms with Crippen molar-refractivity contribution in [2.45, 2.75) is 25.5 Å². The summed E-state index contributed by atoms with van der Waals surface area (Å²) in [5, 5.41) is 0.959. The Morgan fingerprint density at radius 3 is 3.19 bits per heavy atom. The second kappa shape index (κ2) is 4.96. The maximum absolute atomic E-state index is 12.6. The molecule has 4 rings (SSSR count). The highest BCUT2D eigenvalue weighted by molar-refractivity contribution is 9.10. The van der Waals surface area contributed by atoms with Gasteiger partial charge in [0.1, 0.15) is 11.0 Å². The van der Waals surface area contributed by atoms with E-state index in [2.05, 4.69) is 25.9 Å². The van der Waals surface area contributed by atoms with Crippen LogP contribution in [-0.4, -0.2) is 27.2 Å². The van der Waals surface area contributed by atoms with Crippen molar-refractivity contribution >= 4 is 37.9 Å². The topological polar surface area (TPSA) is 59.9 Å². The van der Waals surface area contributed by atoms with Crippen LogP contribution in [0.15, 0.2) is 33.8 Å². The van der Waals surface area contributed by atoms with E-state index in [1.807, 2.05) is 18.2 Å². The van der Waals surface area contributed by atoms with E-state index in [4.69, 9.17) is 4.74 Å². The van der Waals surface area contributed by atoms with Gasteiger partial charge in [0.05, 0.1) is 19.0 Å². The number of hydrogen-bond acceptors (Lipinski definition) is 3. The lowest BCUT2D eigenvalue weighted by atomic mass is 10.2. The predicted molar refractivity (Wildman–Crippen MR) is 84.5 cm³/mol. The third kappa shape index (κ3) is 2.18. The molecule has 1 aliphatic rings. The number of rotatable bonds is 2. The maximum atomic E-state index is 12.6. The van der Waals surface area contributed by atoms with Gasteiger partial charge in [-0.05, 0) is 31.0 Å². The lowest BCUT2D eigenvalue weighted by molar-refractivity contribution is 0.0960. The molecule has 0 aliphatic carbocycles. The Morgan fingerprint density at radius 1 is 1.48 bits per heavy atom. The number of nitrogens with one attached hydrogen (secondary N) is 1. The standard InChI is InChI=1S/C15H14BrN3O2/c16-9-3-4-12-11(6-9)13-14(18-12)15(20)19(8-17-13)7-10-2-1-5-21-10/h3-4,6,8,10,18H,1-2,5,7H2/t10-/m1/s1. The van der Waals surface area contributed by atoms with E-state index in [1.54, 1.807) is 10.9 Å². The summed E-state index contributed by atoms with van der Waals surface area (Å²) in [6.45, 7) is 1.36. The van der Waals surface area contributed by atoms with Gasteiger partial charge in [0.15, 0.2) is 0 Å². The Balaban J connectivity index is 1.86. The third-order valence-electron chi connectivity index (χ3n) is 3.96. The molecule has 5 nitrogen and oxygen atoms in total. The molecule has 0 amide bonds. The average molecular weight is 348 g/mol. The molecule has 1 aliphatic heterocycles. The van der Waals surface area contributed by atoms with Gasteiger partial charge in [-0.3, -0.25) is 9.36 Å². The third-order valence-corrected chi connectivity index (χ3v) is 4.45. The minimum atomic E-state index is -0.0391. The van der Waals surface area contributed by atoms with Gasteiger partial charge in [0.25, 0.3) is 5.56 Å². The summed E-state index contributed by atoms with van der Waals surface area (Å²) in [5.41, 5.74) is 2.17. The van der Waals surface area contributed by atoms with Crippen molar-refractivity contribution in [2.24, 2.45) is 0 Å². The van der Waals surface area contributed by atoms with Crippen LogP contribution in [0.5, 0.6) is 0 Å². The van der Waals surface area contributed by atoms with E-state index < -0.39 is 0 Å². The van der Waals surface area contributed by atoms with Crippen LogP contribution in [0.25, 0.3) is 21.9 Å². The first kappa shape index (κ1) is 13.0. The Bertz CT molecular complexity index is 878. The van der Waals surface area contributed by atoms with Crippen LogP contribution in [0.4, 0.5) is 0 Å². The van der Waals surface area contributed by atoms with Crippen molar-refractivity contribution in [3.05, 3.63) is 39.4 Å². The van der Waals surface area contributed by atoms with E-state index in [0.29, 0.717) is 12.1 Å². The summed E-state index contributed by atoms with van der Waals surface area (Å²) in [6.07, 6.45) is 3.82. The molecule has 0 spiro atoms. The average Bonchev–Trinajstić information content (AvgIpc) is 3.09. The summed E-state index contributed by atoms with van der Waals surface area (Å²) >= 11 is 3.45. The van der Waals surface area contributed by atoms with Crippen LogP contribution in [-0.2, 0) is 11.3 Å². The van der Waals surface area contributed by atoms with Gasteiger partial charge in [-0.15, -0.1) is 0 Å². The van der Waals surface area contributed by atoms with E-state index in [-0.39, 0.29) is 11.7 Å². The first-order valence-corrected chi connectivity index (χ1v) is 7.79. The van der Waals surface area contributed by atoms with E-state index in [9.17, 15) is 4.79 Å². The molecule has 3 heterocycles. The monoisotopic (exact) mass is 347 g/mol. The molecule has 108 valence electrons. The lowest BCUT2D eigenvalue weighted by Gasteiger charge is -2.10. The zero-order valence-corrected chi connectivity index (χ0v) is 12.9. The fraction of sp³-hybridized carbons (Fsp3) is 0.333. The Kier molecular flexibility index (Phi) is 3.08. The number of benzene rings is 1. The van der Waals surface area contributed by atoms with Gasteiger partial charge in [0, 0.05) is 22.0 Å².